The molecule has 1 aromatic heterocycles. The molecule has 0 aliphatic carbocycles. The van der Waals surface area contributed by atoms with Crippen LogP contribution in [0.25, 0.3) is 0 Å². The molecular formula is C29H28Cl2FN5O2. The van der Waals surface area contributed by atoms with Gasteiger partial charge in [0.15, 0.2) is 0 Å². The molecule has 0 saturated carbocycles. The number of pyridine rings is 1. The van der Waals surface area contributed by atoms with E-state index in [1.54, 1.807) is 24.3 Å². The highest BCUT2D eigenvalue weighted by molar-refractivity contribution is 6.35. The molecule has 1 spiro atoms. The molecule has 1 saturated heterocycles. The lowest BCUT2D eigenvalue weighted by Gasteiger charge is -2.44. The predicted octanol–water partition coefficient (Wildman–Crippen LogP) is 6.16. The monoisotopic (exact) mass is 567 g/mol. The van der Waals surface area contributed by atoms with Crippen LogP contribution < -0.4 is 15.2 Å². The molecule has 5 rings (SSSR count). The quantitative estimate of drug-likeness (QED) is 0.210. The van der Waals surface area contributed by atoms with Crippen molar-refractivity contribution in [1.82, 2.24) is 9.88 Å². The first-order valence-corrected chi connectivity index (χ1v) is 13.6. The summed E-state index contributed by atoms with van der Waals surface area (Å²) in [5.74, 6) is 0.200. The number of halogens is 3. The highest BCUT2D eigenvalue weighted by atomic mass is 35.5. The van der Waals surface area contributed by atoms with E-state index in [0.717, 1.165) is 50.9 Å². The Morgan fingerprint density at radius 1 is 1.26 bits per heavy atom. The molecule has 0 radical (unpaired) electrons. The molecule has 2 aromatic carbocycles. The van der Waals surface area contributed by atoms with Crippen molar-refractivity contribution in [2.75, 3.05) is 25.4 Å². The number of anilines is 1. The van der Waals surface area contributed by atoms with E-state index in [1.165, 1.54) is 6.20 Å². The molecule has 0 bridgehead atoms. The van der Waals surface area contributed by atoms with Crippen LogP contribution in [0.15, 0.2) is 36.5 Å². The molecule has 2 aliphatic heterocycles. The lowest BCUT2D eigenvalue weighted by atomic mass is 9.82. The summed E-state index contributed by atoms with van der Waals surface area (Å²) in [6.07, 6.45) is 4.71. The second-order valence-corrected chi connectivity index (χ2v) is 10.7. The minimum Gasteiger partial charge on any atom is -0.489 e. The van der Waals surface area contributed by atoms with E-state index in [0.29, 0.717) is 33.9 Å². The van der Waals surface area contributed by atoms with Crippen LogP contribution in [0.1, 0.15) is 54.0 Å². The van der Waals surface area contributed by atoms with Crippen LogP contribution in [-0.2, 0) is 13.0 Å². The number of likely N-dealkylation sites (tertiary alicyclic amines) is 1. The van der Waals surface area contributed by atoms with Gasteiger partial charge in [0.05, 0.1) is 16.3 Å². The van der Waals surface area contributed by atoms with Gasteiger partial charge in [-0.2, -0.15) is 9.65 Å². The molecule has 3 heterocycles. The minimum atomic E-state index is -0.832. The number of benzene rings is 2. The zero-order valence-corrected chi connectivity index (χ0v) is 23.0. The van der Waals surface area contributed by atoms with E-state index >= 15 is 0 Å². The SMILES string of the molecule is CCN1CCC2(CCc3cc(C(=N)c4cc(OCc5c(Cl)cnc(F)c5Cl)ccc4N)cc(C#N)c3O2)CC1. The van der Waals surface area contributed by atoms with E-state index < -0.39 is 5.95 Å². The number of piperidine rings is 1. The molecule has 39 heavy (non-hydrogen) atoms. The van der Waals surface area contributed by atoms with Crippen molar-refractivity contribution in [3.63, 3.8) is 0 Å². The fourth-order valence-electron chi connectivity index (χ4n) is 5.24. The van der Waals surface area contributed by atoms with Crippen molar-refractivity contribution in [3.05, 3.63) is 80.3 Å². The van der Waals surface area contributed by atoms with E-state index in [9.17, 15) is 9.65 Å². The zero-order valence-electron chi connectivity index (χ0n) is 21.5. The number of nitrogens with zero attached hydrogens (tertiary/aromatic N) is 3. The Morgan fingerprint density at radius 3 is 2.74 bits per heavy atom. The fourth-order valence-corrected chi connectivity index (χ4v) is 5.70. The molecule has 10 heteroatoms. The highest BCUT2D eigenvalue weighted by Crippen LogP contribution is 2.42. The second-order valence-electron chi connectivity index (χ2n) is 9.95. The first-order chi connectivity index (χ1) is 18.7. The van der Waals surface area contributed by atoms with Gasteiger partial charge in [-0.25, -0.2) is 4.98 Å². The number of nitrogen functional groups attached to an aromatic ring is 1. The van der Waals surface area contributed by atoms with E-state index in [4.69, 9.17) is 43.8 Å². The maximum Gasteiger partial charge on any atom is 0.232 e. The number of nitriles is 1. The van der Waals surface area contributed by atoms with E-state index in [-0.39, 0.29) is 33.5 Å². The number of nitrogens with one attached hydrogen (secondary N) is 1. The summed E-state index contributed by atoms with van der Waals surface area (Å²) < 4.78 is 26.1. The van der Waals surface area contributed by atoms with Gasteiger partial charge in [-0.05, 0) is 68.1 Å². The first kappa shape index (κ1) is 27.2. The molecule has 1 fully saturated rings. The Labute approximate surface area is 236 Å². The van der Waals surface area contributed by atoms with Gasteiger partial charge in [0.1, 0.15) is 34.8 Å². The fraction of sp³-hybridized carbons (Fsp3) is 0.345. The smallest absolute Gasteiger partial charge is 0.232 e. The number of nitrogens with two attached hydrogens (primary N) is 1. The standard InChI is InChI=1S/C29H28Cl2FN5O2/c1-2-37-9-7-29(8-10-37)6-5-17-11-18(12-19(14-33)27(17)39-29)26(35)21-13-20(3-4-24(21)34)38-16-22-23(30)15-36-28(32)25(22)31/h3-4,11-13,15,35H,2,5-10,16,34H2,1H3. The highest BCUT2D eigenvalue weighted by Gasteiger charge is 2.40. The van der Waals surface area contributed by atoms with Gasteiger partial charge in [-0.3, -0.25) is 5.41 Å². The van der Waals surface area contributed by atoms with Gasteiger partial charge in [0.25, 0.3) is 0 Å². The average Bonchev–Trinajstić information content (AvgIpc) is 2.95. The Hall–Kier alpha value is -3.38. The number of fused-ring (bicyclic) bond motifs is 1. The predicted molar refractivity (Wildman–Crippen MR) is 150 cm³/mol. The molecule has 3 aromatic rings. The molecule has 0 atom stereocenters. The van der Waals surface area contributed by atoms with E-state index in [2.05, 4.69) is 22.9 Å². The maximum atomic E-state index is 13.8. The molecule has 202 valence electrons. The van der Waals surface area contributed by atoms with Crippen molar-refractivity contribution in [3.8, 4) is 17.6 Å². The third kappa shape index (κ3) is 5.40. The first-order valence-electron chi connectivity index (χ1n) is 12.8. The summed E-state index contributed by atoms with van der Waals surface area (Å²) >= 11 is 12.1. The Balaban J connectivity index is 1.39. The van der Waals surface area contributed by atoms with Gasteiger partial charge in [0, 0.05) is 41.7 Å². The molecular weight excluding hydrogens is 540 g/mol. The Bertz CT molecular complexity index is 1480. The van der Waals surface area contributed by atoms with Crippen LogP contribution in [0.4, 0.5) is 10.1 Å². The summed E-state index contributed by atoms with van der Waals surface area (Å²) in [4.78, 5) is 5.91. The van der Waals surface area contributed by atoms with Gasteiger partial charge in [-0.1, -0.05) is 30.1 Å². The van der Waals surface area contributed by atoms with Crippen molar-refractivity contribution in [2.45, 2.75) is 44.8 Å². The topological polar surface area (TPSA) is 108 Å². The van der Waals surface area contributed by atoms with Gasteiger partial charge in [-0.15, -0.1) is 0 Å². The van der Waals surface area contributed by atoms with Crippen molar-refractivity contribution in [1.29, 1.82) is 10.7 Å². The summed E-state index contributed by atoms with van der Waals surface area (Å²) in [5, 5.41) is 18.9. The Kier molecular flexibility index (Phi) is 7.68. The van der Waals surface area contributed by atoms with Gasteiger partial charge >= 0.3 is 0 Å². The maximum absolute atomic E-state index is 13.8. The summed E-state index contributed by atoms with van der Waals surface area (Å²) in [5.41, 5.74) is 9.15. The molecule has 0 amide bonds. The third-order valence-electron chi connectivity index (χ3n) is 7.66. The molecule has 2 aliphatic rings. The normalized spacial score (nSPS) is 16.3. The molecule has 7 nitrogen and oxygen atoms in total. The van der Waals surface area contributed by atoms with E-state index in [1.807, 2.05) is 6.07 Å². The van der Waals surface area contributed by atoms with Crippen molar-refractivity contribution < 1.29 is 13.9 Å². The molecule has 0 unspecified atom stereocenters. The van der Waals surface area contributed by atoms with Crippen LogP contribution in [0.3, 0.4) is 0 Å². The van der Waals surface area contributed by atoms with Gasteiger partial charge in [0.2, 0.25) is 5.95 Å². The van der Waals surface area contributed by atoms with Crippen LogP contribution in [0, 0.1) is 22.7 Å². The summed E-state index contributed by atoms with van der Waals surface area (Å²) in [6, 6.07) is 10.8. The lowest BCUT2D eigenvalue weighted by Crippen LogP contribution is -2.49. The summed E-state index contributed by atoms with van der Waals surface area (Å²) in [6.45, 7) is 5.08. The van der Waals surface area contributed by atoms with Crippen LogP contribution in [0.2, 0.25) is 10.0 Å². The van der Waals surface area contributed by atoms with Crippen LogP contribution in [-0.4, -0.2) is 40.8 Å². The summed E-state index contributed by atoms with van der Waals surface area (Å²) in [7, 11) is 0. The number of rotatable bonds is 6. The van der Waals surface area contributed by atoms with Crippen molar-refractivity contribution >= 4 is 34.6 Å². The third-order valence-corrected chi connectivity index (χ3v) is 8.37. The molecule has 3 N–H and O–H groups in total. The zero-order chi connectivity index (χ0) is 27.7. The number of aromatic nitrogens is 1. The number of aryl methyl sites for hydroxylation is 1. The minimum absolute atomic E-state index is 0.0969. The largest absolute Gasteiger partial charge is 0.489 e. The number of ether oxygens (including phenoxy) is 2. The average molecular weight is 568 g/mol. The van der Waals surface area contributed by atoms with Crippen LogP contribution >= 0.6 is 23.2 Å². The van der Waals surface area contributed by atoms with Crippen LogP contribution in [0.5, 0.6) is 11.5 Å². The van der Waals surface area contributed by atoms with Gasteiger partial charge < -0.3 is 20.1 Å². The second kappa shape index (κ2) is 11.0. The lowest BCUT2D eigenvalue weighted by molar-refractivity contribution is -0.0134. The number of hydrogen-bond acceptors (Lipinski definition) is 7. The Morgan fingerprint density at radius 2 is 2.03 bits per heavy atom. The van der Waals surface area contributed by atoms with Crippen molar-refractivity contribution in [2.24, 2.45) is 0 Å². The number of hydrogen-bond donors (Lipinski definition) is 2.